The summed E-state index contributed by atoms with van der Waals surface area (Å²) in [6.07, 6.45) is 10.7. The van der Waals surface area contributed by atoms with Crippen LogP contribution in [-0.2, 0) is 4.79 Å². The van der Waals surface area contributed by atoms with Gasteiger partial charge >= 0.3 is 0 Å². The Bertz CT molecular complexity index is 303. The minimum Gasteiger partial charge on any atom is -0.300 e. The highest BCUT2D eigenvalue weighted by Crippen LogP contribution is 2.31. The summed E-state index contributed by atoms with van der Waals surface area (Å²) >= 11 is 0. The molecule has 0 saturated heterocycles. The van der Waals surface area contributed by atoms with Gasteiger partial charge in [-0.15, -0.1) is 0 Å². The van der Waals surface area contributed by atoms with Crippen molar-refractivity contribution in [3.63, 3.8) is 0 Å². The van der Waals surface area contributed by atoms with E-state index in [0.29, 0.717) is 17.6 Å². The van der Waals surface area contributed by atoms with Gasteiger partial charge in [0.15, 0.2) is 0 Å². The first-order chi connectivity index (χ1) is 7.63. The van der Waals surface area contributed by atoms with Gasteiger partial charge in [-0.3, -0.25) is 4.79 Å². The molecule has 0 heterocycles. The fourth-order valence-electron chi connectivity index (χ4n) is 3.02. The molecule has 0 bridgehead atoms. The Balaban J connectivity index is 1.69. The molecular weight excluding hydrogens is 196 g/mol. The van der Waals surface area contributed by atoms with Crippen molar-refractivity contribution in [1.82, 2.24) is 0 Å². The lowest BCUT2D eigenvalue weighted by Gasteiger charge is -2.12. The summed E-state index contributed by atoms with van der Waals surface area (Å²) in [5, 5.41) is 0. The number of ketones is 1. The number of carbonyl (C=O) groups is 1. The van der Waals surface area contributed by atoms with Crippen LogP contribution in [0.4, 0.5) is 0 Å². The summed E-state index contributed by atoms with van der Waals surface area (Å²) in [4.78, 5) is 11.9. The Labute approximate surface area is 98.6 Å². The van der Waals surface area contributed by atoms with Crippen molar-refractivity contribution in [3.8, 4) is 0 Å². The largest absolute Gasteiger partial charge is 0.300 e. The van der Waals surface area contributed by atoms with Crippen LogP contribution in [0.15, 0.2) is 23.3 Å². The van der Waals surface area contributed by atoms with Gasteiger partial charge in [-0.25, -0.2) is 0 Å². The Morgan fingerprint density at radius 3 is 1.81 bits per heavy atom. The van der Waals surface area contributed by atoms with Crippen molar-refractivity contribution >= 4 is 5.78 Å². The van der Waals surface area contributed by atoms with Gasteiger partial charge in [0.05, 0.1) is 0 Å². The van der Waals surface area contributed by atoms with Crippen LogP contribution >= 0.6 is 0 Å². The van der Waals surface area contributed by atoms with Crippen molar-refractivity contribution in [1.29, 1.82) is 0 Å². The molecule has 0 saturated carbocycles. The first kappa shape index (κ1) is 11.6. The fourth-order valence-corrected chi connectivity index (χ4v) is 3.02. The van der Waals surface area contributed by atoms with E-state index in [2.05, 4.69) is 26.0 Å². The van der Waals surface area contributed by atoms with Gasteiger partial charge in [0.1, 0.15) is 5.78 Å². The highest BCUT2D eigenvalue weighted by Gasteiger charge is 2.22. The van der Waals surface area contributed by atoms with Gasteiger partial charge in [0.2, 0.25) is 0 Å². The van der Waals surface area contributed by atoms with Crippen LogP contribution in [-0.4, -0.2) is 5.78 Å². The molecule has 1 heteroatoms. The lowest BCUT2D eigenvalue weighted by Crippen LogP contribution is -2.10. The van der Waals surface area contributed by atoms with E-state index in [9.17, 15) is 4.79 Å². The summed E-state index contributed by atoms with van der Waals surface area (Å²) in [6.45, 7) is 4.35. The van der Waals surface area contributed by atoms with Crippen LogP contribution in [0.25, 0.3) is 0 Å². The van der Waals surface area contributed by atoms with E-state index in [0.717, 1.165) is 38.5 Å². The van der Waals surface area contributed by atoms with Crippen molar-refractivity contribution in [2.75, 3.05) is 0 Å². The van der Waals surface area contributed by atoms with Gasteiger partial charge in [0, 0.05) is 12.8 Å². The van der Waals surface area contributed by atoms with E-state index in [1.54, 1.807) is 0 Å². The minimum atomic E-state index is 0.487. The first-order valence-corrected chi connectivity index (χ1v) is 6.46. The van der Waals surface area contributed by atoms with E-state index < -0.39 is 0 Å². The van der Waals surface area contributed by atoms with E-state index in [1.807, 2.05) is 0 Å². The standard InChI is InChI=1S/C15H22O/c1-11-3-5-13(7-11)9-15(16)10-14-6-4-12(2)8-14/h3-4,13-14H,5-10H2,1-2H3. The third-order valence-electron chi connectivity index (χ3n) is 3.85. The van der Waals surface area contributed by atoms with Gasteiger partial charge < -0.3 is 0 Å². The summed E-state index contributed by atoms with van der Waals surface area (Å²) in [5.41, 5.74) is 2.94. The second-order valence-electron chi connectivity index (χ2n) is 5.66. The highest BCUT2D eigenvalue weighted by atomic mass is 16.1. The number of carbonyl (C=O) groups excluding carboxylic acids is 1. The van der Waals surface area contributed by atoms with Gasteiger partial charge in [-0.1, -0.05) is 23.3 Å². The molecular formula is C15H22O. The average Bonchev–Trinajstić information content (AvgIpc) is 2.76. The minimum absolute atomic E-state index is 0.487. The molecule has 0 radical (unpaired) electrons. The second-order valence-corrected chi connectivity index (χ2v) is 5.66. The normalized spacial score (nSPS) is 29.1. The molecule has 0 aromatic heterocycles. The number of rotatable bonds is 4. The summed E-state index contributed by atoms with van der Waals surface area (Å²) in [7, 11) is 0. The molecule has 0 fully saturated rings. The van der Waals surface area contributed by atoms with Crippen LogP contribution in [0.3, 0.4) is 0 Å². The molecule has 0 aromatic rings. The zero-order valence-corrected chi connectivity index (χ0v) is 10.5. The Morgan fingerprint density at radius 1 is 1.06 bits per heavy atom. The number of hydrogen-bond donors (Lipinski definition) is 0. The lowest BCUT2D eigenvalue weighted by atomic mass is 9.92. The van der Waals surface area contributed by atoms with Crippen LogP contribution in [0.1, 0.15) is 52.4 Å². The number of hydrogen-bond acceptors (Lipinski definition) is 1. The maximum Gasteiger partial charge on any atom is 0.133 e. The Hall–Kier alpha value is -0.850. The Kier molecular flexibility index (Phi) is 3.63. The van der Waals surface area contributed by atoms with Crippen molar-refractivity contribution in [3.05, 3.63) is 23.3 Å². The molecule has 88 valence electrons. The second kappa shape index (κ2) is 4.99. The maximum atomic E-state index is 11.9. The van der Waals surface area contributed by atoms with Crippen LogP contribution in [0, 0.1) is 11.8 Å². The third-order valence-corrected chi connectivity index (χ3v) is 3.85. The SMILES string of the molecule is CC1=CCC(CC(=O)CC2CC=C(C)C2)C1. The molecule has 2 aliphatic carbocycles. The smallest absolute Gasteiger partial charge is 0.133 e. The molecule has 2 rings (SSSR count). The zero-order valence-electron chi connectivity index (χ0n) is 10.5. The van der Waals surface area contributed by atoms with E-state index >= 15 is 0 Å². The van der Waals surface area contributed by atoms with Crippen LogP contribution in [0.5, 0.6) is 0 Å². The van der Waals surface area contributed by atoms with Crippen LogP contribution < -0.4 is 0 Å². The monoisotopic (exact) mass is 218 g/mol. The summed E-state index contributed by atoms with van der Waals surface area (Å²) in [6, 6.07) is 0. The topological polar surface area (TPSA) is 17.1 Å². The molecule has 1 nitrogen and oxygen atoms in total. The van der Waals surface area contributed by atoms with Crippen molar-refractivity contribution in [2.24, 2.45) is 11.8 Å². The van der Waals surface area contributed by atoms with Gasteiger partial charge in [-0.2, -0.15) is 0 Å². The third kappa shape index (κ3) is 3.07. The molecule has 0 amide bonds. The Morgan fingerprint density at radius 2 is 1.50 bits per heavy atom. The molecule has 0 aromatic carbocycles. The van der Waals surface area contributed by atoms with Crippen LogP contribution in [0.2, 0.25) is 0 Å². The number of Topliss-reactive ketones (excluding diaryl/α,β-unsaturated/α-hetero) is 1. The molecule has 2 aliphatic rings. The lowest BCUT2D eigenvalue weighted by molar-refractivity contribution is -0.120. The molecule has 0 spiro atoms. The predicted molar refractivity (Wildman–Crippen MR) is 67.2 cm³/mol. The summed E-state index contributed by atoms with van der Waals surface area (Å²) < 4.78 is 0. The zero-order chi connectivity index (χ0) is 11.5. The molecule has 2 unspecified atom stereocenters. The molecule has 0 N–H and O–H groups in total. The first-order valence-electron chi connectivity index (χ1n) is 6.46. The van der Waals surface area contributed by atoms with E-state index in [4.69, 9.17) is 0 Å². The molecule has 2 atom stereocenters. The number of allylic oxidation sites excluding steroid dienone is 4. The fraction of sp³-hybridized carbons (Fsp3) is 0.667. The quantitative estimate of drug-likeness (QED) is 0.651. The summed E-state index contributed by atoms with van der Waals surface area (Å²) in [5.74, 6) is 1.71. The van der Waals surface area contributed by atoms with Crippen molar-refractivity contribution in [2.45, 2.75) is 52.4 Å². The van der Waals surface area contributed by atoms with E-state index in [-0.39, 0.29) is 0 Å². The van der Waals surface area contributed by atoms with Gasteiger partial charge in [0.25, 0.3) is 0 Å². The predicted octanol–water partition coefficient (Wildman–Crippen LogP) is 4.05. The van der Waals surface area contributed by atoms with Gasteiger partial charge in [-0.05, 0) is 51.4 Å². The van der Waals surface area contributed by atoms with Crippen molar-refractivity contribution < 1.29 is 4.79 Å². The average molecular weight is 218 g/mol. The van der Waals surface area contributed by atoms with E-state index in [1.165, 1.54) is 11.1 Å². The molecule has 16 heavy (non-hydrogen) atoms. The molecule has 0 aliphatic heterocycles. The highest BCUT2D eigenvalue weighted by molar-refractivity contribution is 5.79. The maximum absolute atomic E-state index is 11.9.